The van der Waals surface area contributed by atoms with Gasteiger partial charge in [-0.25, -0.2) is 8.42 Å². The standard InChI is InChI=1S/C12H20N2O3S2/c1-5-19(16,17)11-9(13)10(8(4)15)18-12(11)14-6-7(2)3/h7,14H,5-6,13H2,1-4H3. The average Bonchev–Trinajstić information content (AvgIpc) is 2.64. The predicted molar refractivity (Wildman–Crippen MR) is 79.8 cm³/mol. The SMILES string of the molecule is CCS(=O)(=O)c1c(NCC(C)C)sc(C(C)=O)c1N. The number of ketones is 1. The van der Waals surface area contributed by atoms with Crippen LogP contribution in [0.5, 0.6) is 0 Å². The Morgan fingerprint density at radius 2 is 2.00 bits per heavy atom. The number of hydrogen-bond donors (Lipinski definition) is 2. The molecule has 0 unspecified atom stereocenters. The molecule has 1 rings (SSSR count). The lowest BCUT2D eigenvalue weighted by atomic mass is 10.2. The molecule has 0 radical (unpaired) electrons. The van der Waals surface area contributed by atoms with Crippen LogP contribution in [-0.2, 0) is 9.84 Å². The van der Waals surface area contributed by atoms with Gasteiger partial charge in [-0.15, -0.1) is 11.3 Å². The second-order valence-electron chi connectivity index (χ2n) is 4.74. The van der Waals surface area contributed by atoms with Crippen molar-refractivity contribution < 1.29 is 13.2 Å². The van der Waals surface area contributed by atoms with Gasteiger partial charge in [0, 0.05) is 13.5 Å². The number of sulfone groups is 1. The largest absolute Gasteiger partial charge is 0.396 e. The lowest BCUT2D eigenvalue weighted by Gasteiger charge is -2.09. The molecule has 0 saturated carbocycles. The van der Waals surface area contributed by atoms with Gasteiger partial charge in [-0.05, 0) is 5.92 Å². The number of thiophene rings is 1. The number of anilines is 2. The number of carbonyl (C=O) groups is 1. The number of rotatable bonds is 6. The molecule has 0 fully saturated rings. The molecule has 7 heteroatoms. The highest BCUT2D eigenvalue weighted by molar-refractivity contribution is 7.91. The first-order valence-corrected chi connectivity index (χ1v) is 8.57. The van der Waals surface area contributed by atoms with E-state index in [4.69, 9.17) is 5.73 Å². The number of nitrogen functional groups attached to an aromatic ring is 1. The minimum absolute atomic E-state index is 0.0400. The lowest BCUT2D eigenvalue weighted by Crippen LogP contribution is -2.12. The zero-order valence-electron chi connectivity index (χ0n) is 11.6. The monoisotopic (exact) mass is 304 g/mol. The van der Waals surface area contributed by atoms with Crippen LogP contribution < -0.4 is 11.1 Å². The van der Waals surface area contributed by atoms with Gasteiger partial charge in [0.2, 0.25) is 0 Å². The molecule has 0 aromatic carbocycles. The van der Waals surface area contributed by atoms with Gasteiger partial charge in [-0.2, -0.15) is 0 Å². The summed E-state index contributed by atoms with van der Waals surface area (Å²) in [5, 5.41) is 3.55. The number of carbonyl (C=O) groups excluding carboxylic acids is 1. The Balaban J connectivity index is 3.36. The van der Waals surface area contributed by atoms with Gasteiger partial charge in [-0.1, -0.05) is 20.8 Å². The van der Waals surface area contributed by atoms with Crippen molar-refractivity contribution in [2.75, 3.05) is 23.3 Å². The van der Waals surface area contributed by atoms with Gasteiger partial charge in [0.15, 0.2) is 15.6 Å². The Labute approximate surface area is 118 Å². The summed E-state index contributed by atoms with van der Waals surface area (Å²) in [7, 11) is -3.45. The number of nitrogens with one attached hydrogen (secondary N) is 1. The highest BCUT2D eigenvalue weighted by Crippen LogP contribution is 2.40. The maximum atomic E-state index is 12.1. The van der Waals surface area contributed by atoms with E-state index in [1.165, 1.54) is 6.92 Å². The zero-order chi connectivity index (χ0) is 14.8. The molecule has 0 spiro atoms. The average molecular weight is 304 g/mol. The van der Waals surface area contributed by atoms with Gasteiger partial charge in [-0.3, -0.25) is 4.79 Å². The van der Waals surface area contributed by atoms with E-state index in [2.05, 4.69) is 5.32 Å². The summed E-state index contributed by atoms with van der Waals surface area (Å²) >= 11 is 1.11. The highest BCUT2D eigenvalue weighted by Gasteiger charge is 2.27. The summed E-state index contributed by atoms with van der Waals surface area (Å²) in [6.07, 6.45) is 0. The molecule has 3 N–H and O–H groups in total. The third-order valence-electron chi connectivity index (χ3n) is 2.58. The van der Waals surface area contributed by atoms with Crippen molar-refractivity contribution in [1.29, 1.82) is 0 Å². The molecule has 0 saturated heterocycles. The van der Waals surface area contributed by atoms with Gasteiger partial charge in [0.25, 0.3) is 0 Å². The summed E-state index contributed by atoms with van der Waals surface area (Å²) in [4.78, 5) is 11.9. The predicted octanol–water partition coefficient (Wildman–Crippen LogP) is 2.39. The molecule has 0 aliphatic heterocycles. The number of hydrogen-bond acceptors (Lipinski definition) is 6. The normalized spacial score (nSPS) is 11.8. The molecule has 0 bridgehead atoms. The molecular formula is C12H20N2O3S2. The molecule has 19 heavy (non-hydrogen) atoms. The van der Waals surface area contributed by atoms with Gasteiger partial charge in [0.05, 0.1) is 16.3 Å². The Hall–Kier alpha value is -1.08. The van der Waals surface area contributed by atoms with Crippen LogP contribution in [0.4, 0.5) is 10.7 Å². The van der Waals surface area contributed by atoms with Crippen molar-refractivity contribution in [2.45, 2.75) is 32.6 Å². The molecular weight excluding hydrogens is 284 g/mol. The zero-order valence-corrected chi connectivity index (χ0v) is 13.2. The Bertz CT molecular complexity index is 574. The van der Waals surface area contributed by atoms with E-state index in [0.717, 1.165) is 11.3 Å². The van der Waals surface area contributed by atoms with Crippen molar-refractivity contribution in [1.82, 2.24) is 0 Å². The van der Waals surface area contributed by atoms with Gasteiger partial charge in [0.1, 0.15) is 9.90 Å². The fourth-order valence-corrected chi connectivity index (χ4v) is 4.13. The van der Waals surface area contributed by atoms with Crippen LogP contribution in [0.2, 0.25) is 0 Å². The number of nitrogens with two attached hydrogens (primary N) is 1. The van der Waals surface area contributed by atoms with Crippen LogP contribution in [0.3, 0.4) is 0 Å². The van der Waals surface area contributed by atoms with Crippen molar-refractivity contribution in [2.24, 2.45) is 5.92 Å². The van der Waals surface area contributed by atoms with E-state index in [1.807, 2.05) is 13.8 Å². The molecule has 0 atom stereocenters. The topological polar surface area (TPSA) is 89.3 Å². The molecule has 1 aromatic rings. The quantitative estimate of drug-likeness (QED) is 0.788. The first kappa shape index (κ1) is 16.0. The first-order chi connectivity index (χ1) is 8.70. The fraction of sp³-hybridized carbons (Fsp3) is 0.583. The van der Waals surface area contributed by atoms with Gasteiger partial charge < -0.3 is 11.1 Å². The molecule has 0 aliphatic carbocycles. The Morgan fingerprint density at radius 1 is 1.42 bits per heavy atom. The third-order valence-corrected chi connectivity index (χ3v) is 5.78. The van der Waals surface area contributed by atoms with Crippen LogP contribution in [0.25, 0.3) is 0 Å². The maximum Gasteiger partial charge on any atom is 0.183 e. The van der Waals surface area contributed by atoms with Crippen LogP contribution in [0.1, 0.15) is 37.4 Å². The smallest absolute Gasteiger partial charge is 0.183 e. The van der Waals surface area contributed by atoms with Crippen molar-refractivity contribution in [3.05, 3.63) is 4.88 Å². The van der Waals surface area contributed by atoms with E-state index in [9.17, 15) is 13.2 Å². The van der Waals surface area contributed by atoms with Gasteiger partial charge >= 0.3 is 0 Å². The summed E-state index contributed by atoms with van der Waals surface area (Å²) in [5.74, 6) is 0.107. The van der Waals surface area contributed by atoms with E-state index in [0.29, 0.717) is 22.3 Å². The fourth-order valence-electron chi connectivity index (χ4n) is 1.56. The maximum absolute atomic E-state index is 12.1. The van der Waals surface area contributed by atoms with Crippen LogP contribution in [-0.4, -0.2) is 26.5 Å². The highest BCUT2D eigenvalue weighted by atomic mass is 32.2. The molecule has 108 valence electrons. The lowest BCUT2D eigenvalue weighted by molar-refractivity contribution is 0.102. The first-order valence-electron chi connectivity index (χ1n) is 6.10. The molecule has 5 nitrogen and oxygen atoms in total. The Kier molecular flexibility index (Phi) is 4.98. The van der Waals surface area contributed by atoms with Crippen LogP contribution in [0.15, 0.2) is 4.90 Å². The van der Waals surface area contributed by atoms with Crippen LogP contribution in [0, 0.1) is 5.92 Å². The number of Topliss-reactive ketones (excluding diaryl/α,β-unsaturated/α-hetero) is 1. The van der Waals surface area contributed by atoms with E-state index in [1.54, 1.807) is 6.92 Å². The minimum atomic E-state index is -3.45. The van der Waals surface area contributed by atoms with Crippen molar-refractivity contribution in [3.8, 4) is 0 Å². The minimum Gasteiger partial charge on any atom is -0.396 e. The van der Waals surface area contributed by atoms with E-state index >= 15 is 0 Å². The van der Waals surface area contributed by atoms with Crippen molar-refractivity contribution >= 4 is 37.6 Å². The van der Waals surface area contributed by atoms with Crippen LogP contribution >= 0.6 is 11.3 Å². The summed E-state index contributed by atoms with van der Waals surface area (Å²) in [6.45, 7) is 7.61. The molecule has 1 aromatic heterocycles. The van der Waals surface area contributed by atoms with Crippen molar-refractivity contribution in [3.63, 3.8) is 0 Å². The summed E-state index contributed by atoms with van der Waals surface area (Å²) in [5.41, 5.74) is 5.92. The van der Waals surface area contributed by atoms with E-state index < -0.39 is 9.84 Å². The molecule has 1 heterocycles. The van der Waals surface area contributed by atoms with E-state index in [-0.39, 0.29) is 22.1 Å². The summed E-state index contributed by atoms with van der Waals surface area (Å²) in [6, 6.07) is 0. The third kappa shape index (κ3) is 3.48. The second-order valence-corrected chi connectivity index (χ2v) is 7.97. The summed E-state index contributed by atoms with van der Waals surface area (Å²) < 4.78 is 24.2. The molecule has 0 aliphatic rings. The Morgan fingerprint density at radius 3 is 2.42 bits per heavy atom. The second kappa shape index (κ2) is 5.92. The molecule has 0 amide bonds.